The first kappa shape index (κ1) is 9.51. The molecule has 1 heterocycles. The molecular weight excluding hydrogens is 166 g/mol. The first-order valence-electron chi connectivity index (χ1n) is 4.01. The molecule has 4 heteroatoms. The molecular formula is C9H13N3O. The molecule has 0 atom stereocenters. The van der Waals surface area contributed by atoms with E-state index in [4.69, 9.17) is 0 Å². The Morgan fingerprint density at radius 2 is 2.15 bits per heavy atom. The Balaban J connectivity index is 2.85. The van der Waals surface area contributed by atoms with E-state index in [0.29, 0.717) is 5.82 Å². The lowest BCUT2D eigenvalue weighted by atomic mass is 10.4. The molecule has 1 amide bonds. The van der Waals surface area contributed by atoms with Gasteiger partial charge in [-0.2, -0.15) is 0 Å². The van der Waals surface area contributed by atoms with Gasteiger partial charge in [-0.15, -0.1) is 0 Å². The van der Waals surface area contributed by atoms with Crippen molar-refractivity contribution in [3.05, 3.63) is 18.2 Å². The van der Waals surface area contributed by atoms with Crippen LogP contribution in [0.2, 0.25) is 0 Å². The van der Waals surface area contributed by atoms with E-state index in [9.17, 15) is 4.79 Å². The number of nitrogens with zero attached hydrogens (tertiary/aromatic N) is 2. The average Bonchev–Trinajstić information content (AvgIpc) is 2.03. The van der Waals surface area contributed by atoms with Crippen molar-refractivity contribution >= 4 is 17.5 Å². The molecule has 0 radical (unpaired) electrons. The topological polar surface area (TPSA) is 45.2 Å². The molecule has 0 fully saturated rings. The van der Waals surface area contributed by atoms with Crippen molar-refractivity contribution in [1.29, 1.82) is 0 Å². The number of anilines is 2. The number of amides is 1. The van der Waals surface area contributed by atoms with Crippen LogP contribution in [0.25, 0.3) is 0 Å². The fourth-order valence-electron chi connectivity index (χ4n) is 0.922. The summed E-state index contributed by atoms with van der Waals surface area (Å²) in [5.41, 5.74) is 0. The summed E-state index contributed by atoms with van der Waals surface area (Å²) in [6.45, 7) is 1.46. The highest BCUT2D eigenvalue weighted by Crippen LogP contribution is 2.10. The van der Waals surface area contributed by atoms with E-state index in [1.54, 1.807) is 6.07 Å². The van der Waals surface area contributed by atoms with Crippen LogP contribution in [-0.4, -0.2) is 25.0 Å². The second kappa shape index (κ2) is 3.89. The van der Waals surface area contributed by atoms with Gasteiger partial charge in [0.15, 0.2) is 0 Å². The summed E-state index contributed by atoms with van der Waals surface area (Å²) in [5, 5.41) is 2.62. The van der Waals surface area contributed by atoms with Crippen molar-refractivity contribution < 1.29 is 4.79 Å². The summed E-state index contributed by atoms with van der Waals surface area (Å²) in [4.78, 5) is 16.8. The zero-order chi connectivity index (χ0) is 9.84. The molecule has 0 aliphatic carbocycles. The van der Waals surface area contributed by atoms with Crippen LogP contribution < -0.4 is 10.2 Å². The third kappa shape index (κ3) is 2.74. The Hall–Kier alpha value is -1.58. The molecule has 70 valence electrons. The Labute approximate surface area is 77.6 Å². The normalized spacial score (nSPS) is 9.46. The lowest BCUT2D eigenvalue weighted by Gasteiger charge is -2.11. The summed E-state index contributed by atoms with van der Waals surface area (Å²) >= 11 is 0. The molecule has 1 rings (SSSR count). The Morgan fingerprint density at radius 3 is 2.69 bits per heavy atom. The van der Waals surface area contributed by atoms with Gasteiger partial charge in [-0.3, -0.25) is 4.79 Å². The van der Waals surface area contributed by atoms with Crippen LogP contribution in [0.15, 0.2) is 18.2 Å². The van der Waals surface area contributed by atoms with Crippen LogP contribution in [0.3, 0.4) is 0 Å². The maximum absolute atomic E-state index is 10.7. The monoisotopic (exact) mass is 179 g/mol. The molecule has 1 aromatic heterocycles. The second-order valence-electron chi connectivity index (χ2n) is 2.96. The van der Waals surface area contributed by atoms with E-state index >= 15 is 0 Å². The first-order chi connectivity index (χ1) is 6.09. The van der Waals surface area contributed by atoms with E-state index in [2.05, 4.69) is 10.3 Å². The van der Waals surface area contributed by atoms with E-state index in [1.807, 2.05) is 31.1 Å². The SMILES string of the molecule is CC(=O)Nc1cccc(N(C)C)n1. The number of pyridine rings is 1. The molecule has 0 saturated heterocycles. The maximum atomic E-state index is 10.7. The van der Waals surface area contributed by atoms with E-state index in [1.165, 1.54) is 6.92 Å². The van der Waals surface area contributed by atoms with Gasteiger partial charge in [0, 0.05) is 21.0 Å². The quantitative estimate of drug-likeness (QED) is 0.739. The number of hydrogen-bond donors (Lipinski definition) is 1. The molecule has 0 saturated carbocycles. The van der Waals surface area contributed by atoms with Gasteiger partial charge in [0.25, 0.3) is 0 Å². The minimum atomic E-state index is -0.108. The number of carbonyl (C=O) groups is 1. The highest BCUT2D eigenvalue weighted by Gasteiger charge is 1.99. The molecule has 13 heavy (non-hydrogen) atoms. The number of hydrogen-bond acceptors (Lipinski definition) is 3. The molecule has 0 unspecified atom stereocenters. The zero-order valence-electron chi connectivity index (χ0n) is 8.03. The molecule has 0 aliphatic rings. The molecule has 0 aromatic carbocycles. The van der Waals surface area contributed by atoms with Crippen molar-refractivity contribution in [2.24, 2.45) is 0 Å². The van der Waals surface area contributed by atoms with Gasteiger partial charge in [0.05, 0.1) is 0 Å². The number of nitrogens with one attached hydrogen (secondary N) is 1. The van der Waals surface area contributed by atoms with E-state index in [0.717, 1.165) is 5.82 Å². The van der Waals surface area contributed by atoms with E-state index < -0.39 is 0 Å². The van der Waals surface area contributed by atoms with Gasteiger partial charge in [-0.05, 0) is 12.1 Å². The smallest absolute Gasteiger partial charge is 0.222 e. The largest absolute Gasteiger partial charge is 0.363 e. The van der Waals surface area contributed by atoms with Crippen molar-refractivity contribution in [3.8, 4) is 0 Å². The summed E-state index contributed by atoms with van der Waals surface area (Å²) in [6, 6.07) is 5.49. The minimum Gasteiger partial charge on any atom is -0.363 e. The molecule has 4 nitrogen and oxygen atoms in total. The molecule has 1 aromatic rings. The molecule has 1 N–H and O–H groups in total. The summed E-state index contributed by atoms with van der Waals surface area (Å²) in [5.74, 6) is 1.30. The van der Waals surface area contributed by atoms with E-state index in [-0.39, 0.29) is 5.91 Å². The minimum absolute atomic E-state index is 0.108. The van der Waals surface area contributed by atoms with Gasteiger partial charge < -0.3 is 10.2 Å². The standard InChI is InChI=1S/C9H13N3O/c1-7(13)10-8-5-4-6-9(11-8)12(2)3/h4-6H,1-3H3,(H,10,11,13). The van der Waals surface area contributed by atoms with Gasteiger partial charge in [0.1, 0.15) is 11.6 Å². The maximum Gasteiger partial charge on any atom is 0.222 e. The number of aromatic nitrogens is 1. The van der Waals surface area contributed by atoms with Gasteiger partial charge in [-0.1, -0.05) is 6.07 Å². The van der Waals surface area contributed by atoms with Crippen LogP contribution in [0.4, 0.5) is 11.6 Å². The fraction of sp³-hybridized carbons (Fsp3) is 0.333. The third-order valence-corrected chi connectivity index (χ3v) is 1.50. The predicted octanol–water partition coefficient (Wildman–Crippen LogP) is 1.11. The van der Waals surface area contributed by atoms with Gasteiger partial charge >= 0.3 is 0 Å². The van der Waals surface area contributed by atoms with Crippen molar-refractivity contribution in [2.45, 2.75) is 6.92 Å². The van der Waals surface area contributed by atoms with Crippen molar-refractivity contribution in [1.82, 2.24) is 4.98 Å². The Morgan fingerprint density at radius 1 is 1.46 bits per heavy atom. The van der Waals surface area contributed by atoms with Gasteiger partial charge in [0.2, 0.25) is 5.91 Å². The van der Waals surface area contributed by atoms with Crippen LogP contribution in [-0.2, 0) is 4.79 Å². The van der Waals surface area contributed by atoms with Crippen LogP contribution in [0.5, 0.6) is 0 Å². The Kier molecular flexibility index (Phi) is 2.84. The zero-order valence-corrected chi connectivity index (χ0v) is 8.03. The van der Waals surface area contributed by atoms with Crippen LogP contribution >= 0.6 is 0 Å². The lowest BCUT2D eigenvalue weighted by molar-refractivity contribution is -0.114. The highest BCUT2D eigenvalue weighted by atomic mass is 16.1. The van der Waals surface area contributed by atoms with Crippen LogP contribution in [0, 0.1) is 0 Å². The molecule has 0 aliphatic heterocycles. The fourth-order valence-corrected chi connectivity index (χ4v) is 0.922. The predicted molar refractivity (Wildman–Crippen MR) is 52.9 cm³/mol. The summed E-state index contributed by atoms with van der Waals surface area (Å²) in [7, 11) is 3.81. The van der Waals surface area contributed by atoms with Crippen molar-refractivity contribution in [3.63, 3.8) is 0 Å². The van der Waals surface area contributed by atoms with Crippen molar-refractivity contribution in [2.75, 3.05) is 24.3 Å². The van der Waals surface area contributed by atoms with Crippen LogP contribution in [0.1, 0.15) is 6.92 Å². The first-order valence-corrected chi connectivity index (χ1v) is 4.01. The molecule has 0 spiro atoms. The second-order valence-corrected chi connectivity index (χ2v) is 2.96. The summed E-state index contributed by atoms with van der Waals surface area (Å²) < 4.78 is 0. The lowest BCUT2D eigenvalue weighted by Crippen LogP contribution is -2.13. The Bertz CT molecular complexity index is 309. The number of carbonyl (C=O) groups excluding carboxylic acids is 1. The third-order valence-electron chi connectivity index (χ3n) is 1.50. The average molecular weight is 179 g/mol. The van der Waals surface area contributed by atoms with Gasteiger partial charge in [-0.25, -0.2) is 4.98 Å². The summed E-state index contributed by atoms with van der Waals surface area (Å²) in [6.07, 6.45) is 0. The molecule has 0 bridgehead atoms. The highest BCUT2D eigenvalue weighted by molar-refractivity contribution is 5.87. The number of rotatable bonds is 2.